The lowest BCUT2D eigenvalue weighted by molar-refractivity contribution is -0.925. The number of carbonyl (C=O) groups excluding carboxylic acids is 6. The summed E-state index contributed by atoms with van der Waals surface area (Å²) in [5.41, 5.74) is 1.32. The number of piperazine rings is 1. The van der Waals surface area contributed by atoms with Gasteiger partial charge in [0.1, 0.15) is 25.1 Å². The van der Waals surface area contributed by atoms with Crippen LogP contribution < -0.4 is 10.4 Å². The van der Waals surface area contributed by atoms with Crippen molar-refractivity contribution in [2.24, 2.45) is 0 Å². The van der Waals surface area contributed by atoms with Crippen molar-refractivity contribution in [1.29, 1.82) is 0 Å². The van der Waals surface area contributed by atoms with Crippen molar-refractivity contribution in [3.05, 3.63) is 35.4 Å². The number of hydrogen-bond acceptors (Lipinski definition) is 10. The number of fused-ring (bicyclic) bond motifs is 2. The molecule has 0 radical (unpaired) electrons. The van der Waals surface area contributed by atoms with E-state index >= 15 is 0 Å². The molecule has 4 rings (SSSR count). The Morgan fingerprint density at radius 1 is 1.04 bits per heavy atom. The Balaban J connectivity index is 0.000000738. The Labute approximate surface area is 263 Å². The monoisotopic (exact) mass is 676 g/mol. The Morgan fingerprint density at radius 2 is 1.65 bits per heavy atom. The zero-order valence-corrected chi connectivity index (χ0v) is 25.9. The van der Waals surface area contributed by atoms with Crippen LogP contribution in [0.15, 0.2) is 24.3 Å². The van der Waals surface area contributed by atoms with E-state index in [0.29, 0.717) is 47.6 Å². The zero-order valence-electron chi connectivity index (χ0n) is 25.0. The fourth-order valence-electron chi connectivity index (χ4n) is 5.50. The number of alkyl halides is 3. The molecule has 14 nitrogen and oxygen atoms in total. The standard InChI is InChI=1S/C26H34N4O8S.C2HF3O2/c1-2-3-4-15-39(36,37)29-21-12-14-30(17-21,18-24(29)33)16-19-5-7-20(8-6-19)26(35)27-13-11-25(34)38-28-22(31)9-10-23(28)32;3-2(4,5)1(6)7/h5-8,21H,2-4,9-18H2,1H3;(H,6,7). The first kappa shape index (κ1) is 36.4. The number of halogens is 3. The van der Waals surface area contributed by atoms with Gasteiger partial charge in [0.2, 0.25) is 10.0 Å². The lowest BCUT2D eigenvalue weighted by atomic mass is 10.1. The molecule has 2 bridgehead atoms. The van der Waals surface area contributed by atoms with E-state index in [-0.39, 0.29) is 50.1 Å². The van der Waals surface area contributed by atoms with Crippen molar-refractivity contribution in [2.45, 2.75) is 70.6 Å². The van der Waals surface area contributed by atoms with Crippen molar-refractivity contribution in [3.8, 4) is 0 Å². The number of carboxylic acid groups (broad SMARTS) is 1. The molecule has 4 amide bonds. The number of aliphatic carboxylic acids is 1. The molecular formula is C28H35F3N4O10S. The van der Waals surface area contributed by atoms with Gasteiger partial charge >= 0.3 is 12.1 Å². The number of quaternary nitrogens is 1. The lowest BCUT2D eigenvalue weighted by Gasteiger charge is -2.40. The number of hydrogen-bond donors (Lipinski definition) is 1. The van der Waals surface area contributed by atoms with Crippen LogP contribution in [0.1, 0.15) is 67.8 Å². The highest BCUT2D eigenvalue weighted by Crippen LogP contribution is 2.33. The van der Waals surface area contributed by atoms with Gasteiger partial charge in [-0.2, -0.15) is 13.2 Å². The Morgan fingerprint density at radius 3 is 2.22 bits per heavy atom. The number of sulfonamides is 1. The van der Waals surface area contributed by atoms with Gasteiger partial charge in [-0.05, 0) is 18.6 Å². The smallest absolute Gasteiger partial charge is 0.430 e. The summed E-state index contributed by atoms with van der Waals surface area (Å²) in [4.78, 5) is 73.9. The van der Waals surface area contributed by atoms with Crippen molar-refractivity contribution < 1.29 is 64.8 Å². The molecule has 254 valence electrons. The van der Waals surface area contributed by atoms with E-state index in [2.05, 4.69) is 5.32 Å². The number of imide groups is 1. The predicted molar refractivity (Wildman–Crippen MR) is 149 cm³/mol. The third-order valence-corrected chi connectivity index (χ3v) is 9.57. The van der Waals surface area contributed by atoms with Crippen LogP contribution in [0.4, 0.5) is 13.2 Å². The van der Waals surface area contributed by atoms with Crippen LogP contribution in [0.3, 0.4) is 0 Å². The average Bonchev–Trinajstić information content (AvgIpc) is 3.46. The molecule has 0 spiro atoms. The number of rotatable bonds is 12. The van der Waals surface area contributed by atoms with Gasteiger partial charge in [-0.3, -0.25) is 19.2 Å². The first-order valence-corrected chi connectivity index (χ1v) is 16.2. The molecule has 3 aliphatic rings. The number of amides is 4. The lowest BCUT2D eigenvalue weighted by Crippen LogP contribution is -2.61. The summed E-state index contributed by atoms with van der Waals surface area (Å²) in [6, 6.07) is 6.63. The number of benzene rings is 1. The highest BCUT2D eigenvalue weighted by Gasteiger charge is 2.52. The second-order valence-corrected chi connectivity index (χ2v) is 13.2. The molecule has 3 aliphatic heterocycles. The number of hydroxylamine groups is 2. The molecule has 3 fully saturated rings. The second-order valence-electron chi connectivity index (χ2n) is 11.3. The number of nitrogens with one attached hydrogen (secondary N) is 1. The third kappa shape index (κ3) is 9.48. The van der Waals surface area contributed by atoms with Crippen LogP contribution in [0.5, 0.6) is 0 Å². The molecule has 0 saturated carbocycles. The molecule has 0 aromatic heterocycles. The van der Waals surface area contributed by atoms with Gasteiger partial charge in [-0.25, -0.2) is 17.5 Å². The number of nitrogens with zero attached hydrogens (tertiary/aromatic N) is 3. The molecular weight excluding hydrogens is 641 g/mol. The summed E-state index contributed by atoms with van der Waals surface area (Å²) >= 11 is 0. The summed E-state index contributed by atoms with van der Waals surface area (Å²) in [5.74, 6) is -5.66. The first-order valence-electron chi connectivity index (χ1n) is 14.6. The molecule has 3 saturated heterocycles. The van der Waals surface area contributed by atoms with Gasteiger partial charge < -0.3 is 24.5 Å². The van der Waals surface area contributed by atoms with Gasteiger partial charge in [0.25, 0.3) is 23.6 Å². The minimum atomic E-state index is -5.19. The molecule has 3 heterocycles. The topological polar surface area (TPSA) is 187 Å². The average molecular weight is 677 g/mol. The summed E-state index contributed by atoms with van der Waals surface area (Å²) in [6.07, 6.45) is -2.46. The van der Waals surface area contributed by atoms with Crippen molar-refractivity contribution in [1.82, 2.24) is 14.7 Å². The van der Waals surface area contributed by atoms with E-state index in [4.69, 9.17) is 14.7 Å². The van der Waals surface area contributed by atoms with Gasteiger partial charge in [0.05, 0.1) is 18.7 Å². The third-order valence-electron chi connectivity index (χ3n) is 7.67. The van der Waals surface area contributed by atoms with E-state index in [0.717, 1.165) is 22.7 Å². The predicted octanol–water partition coefficient (Wildman–Crippen LogP) is 0.164. The maximum atomic E-state index is 13.0. The fourth-order valence-corrected chi connectivity index (χ4v) is 7.26. The number of unbranched alkanes of at least 4 members (excludes halogenated alkanes) is 2. The molecule has 2 unspecified atom stereocenters. The minimum Gasteiger partial charge on any atom is -0.542 e. The molecule has 18 heteroatoms. The zero-order chi connectivity index (χ0) is 34.3. The maximum absolute atomic E-state index is 13.0. The summed E-state index contributed by atoms with van der Waals surface area (Å²) in [6.45, 7) is 3.97. The molecule has 1 N–H and O–H groups in total. The second kappa shape index (κ2) is 15.0. The molecule has 46 heavy (non-hydrogen) atoms. The van der Waals surface area contributed by atoms with Crippen LogP contribution in [-0.4, -0.2) is 102 Å². The molecule has 1 aromatic rings. The van der Waals surface area contributed by atoms with E-state index < -0.39 is 45.9 Å². The van der Waals surface area contributed by atoms with Crippen molar-refractivity contribution in [3.63, 3.8) is 0 Å². The highest BCUT2D eigenvalue weighted by atomic mass is 32.2. The van der Waals surface area contributed by atoms with E-state index in [1.807, 2.05) is 19.1 Å². The Hall–Kier alpha value is -4.06. The first-order chi connectivity index (χ1) is 21.5. The van der Waals surface area contributed by atoms with Gasteiger partial charge in [-0.1, -0.05) is 31.9 Å². The van der Waals surface area contributed by atoms with Crippen LogP contribution in [-0.2, 0) is 45.4 Å². The molecule has 2 atom stereocenters. The fraction of sp³-hybridized carbons (Fsp3) is 0.571. The molecule has 1 aromatic carbocycles. The SMILES string of the molecule is CCCCCS(=O)(=O)N1C(=O)C[N+]2(Cc3ccc(C(=O)NCCC(=O)ON4C(=O)CCC4=O)cc3)CCC1C2.O=C([O-])C(F)(F)F. The Bertz CT molecular complexity index is 1440. The summed E-state index contributed by atoms with van der Waals surface area (Å²) < 4.78 is 58.9. The largest absolute Gasteiger partial charge is 0.542 e. The summed E-state index contributed by atoms with van der Waals surface area (Å²) in [7, 11) is -3.61. The number of carboxylic acids is 1. The van der Waals surface area contributed by atoms with E-state index in [9.17, 15) is 45.6 Å². The summed E-state index contributed by atoms with van der Waals surface area (Å²) in [5, 5.41) is 11.9. The van der Waals surface area contributed by atoms with Crippen LogP contribution in [0, 0.1) is 0 Å². The van der Waals surface area contributed by atoms with Gasteiger partial charge in [0.15, 0.2) is 6.54 Å². The minimum absolute atomic E-state index is 0.00554. The normalized spacial score (nSPS) is 21.1. The van der Waals surface area contributed by atoms with Crippen molar-refractivity contribution in [2.75, 3.05) is 31.9 Å². The van der Waals surface area contributed by atoms with E-state index in [1.54, 1.807) is 12.1 Å². The Kier molecular flexibility index (Phi) is 11.9. The number of carbonyl (C=O) groups is 6. The van der Waals surface area contributed by atoms with Crippen molar-refractivity contribution >= 4 is 45.6 Å². The van der Waals surface area contributed by atoms with E-state index in [1.165, 1.54) is 0 Å². The van der Waals surface area contributed by atoms with Crippen LogP contribution >= 0.6 is 0 Å². The van der Waals surface area contributed by atoms with Crippen LogP contribution in [0.2, 0.25) is 0 Å². The van der Waals surface area contributed by atoms with Crippen LogP contribution in [0.25, 0.3) is 0 Å². The quantitative estimate of drug-likeness (QED) is 0.182. The molecule has 0 aliphatic carbocycles. The highest BCUT2D eigenvalue weighted by molar-refractivity contribution is 7.89. The van der Waals surface area contributed by atoms with Gasteiger partial charge in [0, 0.05) is 36.9 Å². The maximum Gasteiger partial charge on any atom is 0.430 e. The van der Waals surface area contributed by atoms with Gasteiger partial charge in [-0.15, -0.1) is 5.06 Å².